The summed E-state index contributed by atoms with van der Waals surface area (Å²) in [6.07, 6.45) is 0. The Morgan fingerprint density at radius 2 is 1.92 bits per heavy atom. The first-order valence-electron chi connectivity index (χ1n) is 8.32. The molecule has 0 aliphatic carbocycles. The first-order valence-corrected chi connectivity index (χ1v) is 8.32. The Morgan fingerprint density at radius 1 is 1.19 bits per heavy atom. The second-order valence-electron chi connectivity index (χ2n) is 5.87. The summed E-state index contributed by atoms with van der Waals surface area (Å²) in [6.45, 7) is 4.24. The summed E-state index contributed by atoms with van der Waals surface area (Å²) in [5.74, 6) is -0.285. The number of carbonyl (C=O) groups excluding carboxylic acids is 2. The van der Waals surface area contributed by atoms with Crippen molar-refractivity contribution in [1.82, 2.24) is 5.32 Å². The predicted octanol–water partition coefficient (Wildman–Crippen LogP) is 3.10. The molecule has 3 aromatic rings. The Balaban J connectivity index is 1.91. The third-order valence-electron chi connectivity index (χ3n) is 4.12. The molecule has 2 aromatic carbocycles. The van der Waals surface area contributed by atoms with Crippen LogP contribution in [0, 0.1) is 6.92 Å². The van der Waals surface area contributed by atoms with Crippen LogP contribution >= 0.6 is 0 Å². The van der Waals surface area contributed by atoms with E-state index in [1.165, 1.54) is 0 Å². The molecule has 0 radical (unpaired) electrons. The minimum atomic E-state index is -0.935. The third-order valence-corrected chi connectivity index (χ3v) is 4.12. The van der Waals surface area contributed by atoms with Crippen LogP contribution in [0.1, 0.15) is 34.6 Å². The van der Waals surface area contributed by atoms with E-state index < -0.39 is 17.9 Å². The smallest absolute Gasteiger partial charge is 0.288 e. The normalized spacial score (nSPS) is 11.9. The lowest BCUT2D eigenvalue weighted by Gasteiger charge is -2.15. The number of benzene rings is 2. The molecule has 134 valence electrons. The van der Waals surface area contributed by atoms with Gasteiger partial charge in [-0.2, -0.15) is 0 Å². The highest BCUT2D eigenvalue weighted by molar-refractivity contribution is 6.01. The van der Waals surface area contributed by atoms with Gasteiger partial charge in [0.15, 0.2) is 5.76 Å². The number of hydrogen-bond acceptors (Lipinski definition) is 4. The zero-order valence-electron chi connectivity index (χ0n) is 14.6. The highest BCUT2D eigenvalue weighted by atomic mass is 16.5. The number of nitrogens with one attached hydrogen (secondary N) is 1. The summed E-state index contributed by atoms with van der Waals surface area (Å²) in [5.41, 5.74) is 7.32. The average molecular weight is 352 g/mol. The number of carbonyl (C=O) groups is 2. The molecular formula is C20H20N2O4. The van der Waals surface area contributed by atoms with Crippen molar-refractivity contribution in [2.45, 2.75) is 19.9 Å². The number of ether oxygens (including phenoxy) is 1. The molecule has 0 saturated carbocycles. The van der Waals surface area contributed by atoms with E-state index in [1.807, 2.05) is 19.1 Å². The zero-order chi connectivity index (χ0) is 18.7. The van der Waals surface area contributed by atoms with E-state index in [-0.39, 0.29) is 5.76 Å². The average Bonchev–Trinajstić information content (AvgIpc) is 2.97. The van der Waals surface area contributed by atoms with Crippen LogP contribution in [0.2, 0.25) is 0 Å². The fourth-order valence-electron chi connectivity index (χ4n) is 2.83. The van der Waals surface area contributed by atoms with Crippen molar-refractivity contribution in [2.75, 3.05) is 6.61 Å². The molecule has 0 spiro atoms. The molecule has 0 aliphatic rings. The van der Waals surface area contributed by atoms with E-state index >= 15 is 0 Å². The van der Waals surface area contributed by atoms with Gasteiger partial charge in [-0.25, -0.2) is 0 Å². The molecule has 0 saturated heterocycles. The number of aryl methyl sites for hydroxylation is 1. The number of primary amides is 1. The van der Waals surface area contributed by atoms with Gasteiger partial charge in [0.2, 0.25) is 5.91 Å². The van der Waals surface area contributed by atoms with Crippen LogP contribution in [0.5, 0.6) is 5.75 Å². The molecule has 3 N–H and O–H groups in total. The van der Waals surface area contributed by atoms with Gasteiger partial charge in [-0.05, 0) is 37.6 Å². The maximum atomic E-state index is 12.7. The second kappa shape index (κ2) is 7.31. The van der Waals surface area contributed by atoms with Crippen LogP contribution in [0.3, 0.4) is 0 Å². The monoisotopic (exact) mass is 352 g/mol. The van der Waals surface area contributed by atoms with Crippen LogP contribution in [0.15, 0.2) is 52.9 Å². The van der Waals surface area contributed by atoms with Gasteiger partial charge in [-0.15, -0.1) is 0 Å². The van der Waals surface area contributed by atoms with Gasteiger partial charge in [0.25, 0.3) is 5.91 Å². The first kappa shape index (κ1) is 17.5. The van der Waals surface area contributed by atoms with Crippen molar-refractivity contribution in [3.8, 4) is 5.75 Å². The SMILES string of the molecule is CCOc1ccc2oc(C(=O)N[C@@H](C(N)=O)c3ccccc3)c(C)c2c1. The number of furan rings is 1. The van der Waals surface area contributed by atoms with Crippen molar-refractivity contribution in [3.05, 3.63) is 65.4 Å². The lowest BCUT2D eigenvalue weighted by atomic mass is 10.1. The quantitative estimate of drug-likeness (QED) is 0.713. The number of nitrogens with two attached hydrogens (primary N) is 1. The number of amides is 2. The Labute approximate surface area is 150 Å². The summed E-state index contributed by atoms with van der Waals surface area (Å²) >= 11 is 0. The Kier molecular flexibility index (Phi) is 4.93. The van der Waals surface area contributed by atoms with Crippen molar-refractivity contribution < 1.29 is 18.7 Å². The molecule has 0 bridgehead atoms. The second-order valence-corrected chi connectivity index (χ2v) is 5.87. The van der Waals surface area contributed by atoms with Gasteiger partial charge in [-0.1, -0.05) is 30.3 Å². The Hall–Kier alpha value is -3.28. The van der Waals surface area contributed by atoms with Crippen LogP contribution in [0.4, 0.5) is 0 Å². The molecule has 2 amide bonds. The molecule has 26 heavy (non-hydrogen) atoms. The van der Waals surface area contributed by atoms with Crippen molar-refractivity contribution >= 4 is 22.8 Å². The number of hydrogen-bond donors (Lipinski definition) is 2. The fraction of sp³-hybridized carbons (Fsp3) is 0.200. The maximum Gasteiger partial charge on any atom is 0.288 e. The first-order chi connectivity index (χ1) is 12.5. The maximum absolute atomic E-state index is 12.7. The summed E-state index contributed by atoms with van der Waals surface area (Å²) in [5, 5.41) is 3.44. The summed E-state index contributed by atoms with van der Waals surface area (Å²) in [4.78, 5) is 24.5. The molecule has 0 unspecified atom stereocenters. The Bertz CT molecular complexity index is 947. The van der Waals surface area contributed by atoms with Crippen LogP contribution < -0.4 is 15.8 Å². The van der Waals surface area contributed by atoms with E-state index in [4.69, 9.17) is 14.9 Å². The molecule has 3 rings (SSSR count). The minimum absolute atomic E-state index is 0.149. The molecule has 1 heterocycles. The van der Waals surface area contributed by atoms with E-state index in [1.54, 1.807) is 43.3 Å². The van der Waals surface area contributed by atoms with E-state index in [0.717, 1.165) is 5.39 Å². The van der Waals surface area contributed by atoms with Gasteiger partial charge in [0.05, 0.1) is 6.61 Å². The topological polar surface area (TPSA) is 94.6 Å². The molecule has 6 nitrogen and oxygen atoms in total. The van der Waals surface area contributed by atoms with Crippen LogP contribution in [0.25, 0.3) is 11.0 Å². The summed E-state index contributed by atoms with van der Waals surface area (Å²) < 4.78 is 11.2. The van der Waals surface area contributed by atoms with E-state index in [9.17, 15) is 9.59 Å². The zero-order valence-corrected chi connectivity index (χ0v) is 14.6. The van der Waals surface area contributed by atoms with Gasteiger partial charge in [-0.3, -0.25) is 9.59 Å². The summed E-state index contributed by atoms with van der Waals surface area (Å²) in [6, 6.07) is 13.3. The number of rotatable bonds is 6. The van der Waals surface area contributed by atoms with Gasteiger partial charge < -0.3 is 20.2 Å². The van der Waals surface area contributed by atoms with Gasteiger partial charge in [0, 0.05) is 10.9 Å². The highest BCUT2D eigenvalue weighted by Gasteiger charge is 2.24. The lowest BCUT2D eigenvalue weighted by Crippen LogP contribution is -2.37. The van der Waals surface area contributed by atoms with Crippen molar-refractivity contribution in [2.24, 2.45) is 5.73 Å². The minimum Gasteiger partial charge on any atom is -0.494 e. The van der Waals surface area contributed by atoms with Gasteiger partial charge in [0.1, 0.15) is 17.4 Å². The predicted molar refractivity (Wildman–Crippen MR) is 98.0 cm³/mol. The van der Waals surface area contributed by atoms with Crippen molar-refractivity contribution in [3.63, 3.8) is 0 Å². The third kappa shape index (κ3) is 3.39. The van der Waals surface area contributed by atoms with E-state index in [2.05, 4.69) is 5.32 Å². The Morgan fingerprint density at radius 3 is 2.58 bits per heavy atom. The molecule has 0 fully saturated rings. The van der Waals surface area contributed by atoms with Gasteiger partial charge >= 0.3 is 0 Å². The molecular weight excluding hydrogens is 332 g/mol. The standard InChI is InChI=1S/C20H20N2O4/c1-3-25-14-9-10-16-15(11-14)12(2)18(26-16)20(24)22-17(19(21)23)13-7-5-4-6-8-13/h4-11,17H,3H2,1-2H3,(H2,21,23)(H,22,24)/t17-/m1/s1. The molecule has 6 heteroatoms. The van der Waals surface area contributed by atoms with Crippen LogP contribution in [-0.2, 0) is 4.79 Å². The number of fused-ring (bicyclic) bond motifs is 1. The van der Waals surface area contributed by atoms with Crippen molar-refractivity contribution in [1.29, 1.82) is 0 Å². The van der Waals surface area contributed by atoms with Crippen LogP contribution in [-0.4, -0.2) is 18.4 Å². The van der Waals surface area contributed by atoms with E-state index in [0.29, 0.717) is 29.1 Å². The largest absolute Gasteiger partial charge is 0.494 e. The lowest BCUT2D eigenvalue weighted by molar-refractivity contribution is -0.120. The molecule has 1 aromatic heterocycles. The fourth-order valence-corrected chi connectivity index (χ4v) is 2.83. The highest BCUT2D eigenvalue weighted by Crippen LogP contribution is 2.29. The molecule has 1 atom stereocenters. The summed E-state index contributed by atoms with van der Waals surface area (Å²) in [7, 11) is 0. The molecule has 0 aliphatic heterocycles.